The molecule has 0 bridgehead atoms. The number of rotatable bonds is 2. The predicted molar refractivity (Wildman–Crippen MR) is 80.9 cm³/mol. The van der Waals surface area contributed by atoms with E-state index in [4.69, 9.17) is 5.73 Å². The average Bonchev–Trinajstić information content (AvgIpc) is 2.53. The number of aliphatic hydroxyl groups is 1. The van der Waals surface area contributed by atoms with E-state index >= 15 is 0 Å². The van der Waals surface area contributed by atoms with Gasteiger partial charge >= 0.3 is 0 Å². The molecule has 0 amide bonds. The van der Waals surface area contributed by atoms with Gasteiger partial charge in [-0.25, -0.2) is 0 Å². The Labute approximate surface area is 119 Å². The van der Waals surface area contributed by atoms with Gasteiger partial charge in [-0.05, 0) is 56.3 Å². The summed E-state index contributed by atoms with van der Waals surface area (Å²) in [6, 6.07) is 0. The molecule has 0 aliphatic heterocycles. The van der Waals surface area contributed by atoms with E-state index in [0.717, 1.165) is 31.6 Å². The first-order chi connectivity index (χ1) is 8.83. The Morgan fingerprint density at radius 1 is 1.00 bits per heavy atom. The normalized spacial score (nSPS) is 38.7. The summed E-state index contributed by atoms with van der Waals surface area (Å²) in [6.07, 6.45) is 10.2. The molecule has 2 aliphatic rings. The highest BCUT2D eigenvalue weighted by atomic mass is 16.3. The van der Waals surface area contributed by atoms with Gasteiger partial charge in [0, 0.05) is 12.0 Å². The summed E-state index contributed by atoms with van der Waals surface area (Å²) in [7, 11) is 0. The van der Waals surface area contributed by atoms with Crippen LogP contribution in [0.4, 0.5) is 0 Å². The minimum Gasteiger partial charge on any atom is -0.389 e. The van der Waals surface area contributed by atoms with E-state index in [1.54, 1.807) is 0 Å². The summed E-state index contributed by atoms with van der Waals surface area (Å²) >= 11 is 0. The fourth-order valence-electron chi connectivity index (χ4n) is 4.29. The van der Waals surface area contributed by atoms with Crippen LogP contribution in [0, 0.1) is 16.7 Å². The van der Waals surface area contributed by atoms with E-state index in [2.05, 4.69) is 20.8 Å². The van der Waals surface area contributed by atoms with Gasteiger partial charge in [-0.2, -0.15) is 0 Å². The molecule has 0 aromatic rings. The smallest absolute Gasteiger partial charge is 0.0715 e. The van der Waals surface area contributed by atoms with Crippen molar-refractivity contribution < 1.29 is 5.11 Å². The maximum Gasteiger partial charge on any atom is 0.0715 e. The lowest BCUT2D eigenvalue weighted by atomic mass is 9.56. The molecule has 0 aromatic carbocycles. The fraction of sp³-hybridized carbons (Fsp3) is 1.00. The summed E-state index contributed by atoms with van der Waals surface area (Å²) < 4.78 is 0. The largest absolute Gasteiger partial charge is 0.389 e. The van der Waals surface area contributed by atoms with E-state index in [1.807, 2.05) is 0 Å². The van der Waals surface area contributed by atoms with Gasteiger partial charge in [0.05, 0.1) is 5.60 Å². The molecule has 2 heteroatoms. The second-order valence-electron chi connectivity index (χ2n) is 8.22. The topological polar surface area (TPSA) is 46.2 Å². The molecule has 0 heterocycles. The van der Waals surface area contributed by atoms with Crippen LogP contribution in [-0.4, -0.2) is 17.3 Å². The molecule has 0 saturated heterocycles. The molecule has 3 N–H and O–H groups in total. The molecule has 2 unspecified atom stereocenters. The van der Waals surface area contributed by atoms with Gasteiger partial charge in [0.2, 0.25) is 0 Å². The van der Waals surface area contributed by atoms with Gasteiger partial charge in [-0.1, -0.05) is 33.6 Å². The molecule has 2 atom stereocenters. The van der Waals surface area contributed by atoms with Crippen molar-refractivity contribution in [3.05, 3.63) is 0 Å². The zero-order valence-corrected chi connectivity index (χ0v) is 13.2. The second-order valence-corrected chi connectivity index (χ2v) is 8.22. The maximum atomic E-state index is 11.3. The van der Waals surface area contributed by atoms with Crippen molar-refractivity contribution in [2.75, 3.05) is 6.54 Å². The molecule has 0 aromatic heterocycles. The van der Waals surface area contributed by atoms with Gasteiger partial charge in [0.25, 0.3) is 0 Å². The van der Waals surface area contributed by atoms with Crippen LogP contribution in [0.15, 0.2) is 0 Å². The Morgan fingerprint density at radius 3 is 2.21 bits per heavy atom. The van der Waals surface area contributed by atoms with Crippen LogP contribution in [0.5, 0.6) is 0 Å². The molecule has 19 heavy (non-hydrogen) atoms. The van der Waals surface area contributed by atoms with Crippen molar-refractivity contribution in [2.24, 2.45) is 22.5 Å². The standard InChI is InChI=1S/C17H33NO/c1-14-5-4-7-17(19,8-6-14)16(13-18)11-9-15(2,3)10-12-16/h14,19H,4-13,18H2,1-3H3. The van der Waals surface area contributed by atoms with E-state index < -0.39 is 5.60 Å². The third-order valence-electron chi connectivity index (χ3n) is 6.28. The van der Waals surface area contributed by atoms with Crippen LogP contribution in [0.1, 0.15) is 78.6 Å². The monoisotopic (exact) mass is 267 g/mol. The first-order valence-electron chi connectivity index (χ1n) is 8.25. The van der Waals surface area contributed by atoms with Crippen LogP contribution in [0.2, 0.25) is 0 Å². The highest BCUT2D eigenvalue weighted by Crippen LogP contribution is 2.54. The van der Waals surface area contributed by atoms with E-state index in [9.17, 15) is 5.11 Å². The van der Waals surface area contributed by atoms with Crippen molar-refractivity contribution in [2.45, 2.75) is 84.2 Å². The molecule has 0 spiro atoms. The lowest BCUT2D eigenvalue weighted by Crippen LogP contribution is -2.54. The molecule has 0 radical (unpaired) electrons. The summed E-state index contributed by atoms with van der Waals surface area (Å²) in [5.74, 6) is 0.767. The molecular weight excluding hydrogens is 234 g/mol. The van der Waals surface area contributed by atoms with Crippen LogP contribution >= 0.6 is 0 Å². The third kappa shape index (κ3) is 3.00. The summed E-state index contributed by atoms with van der Waals surface area (Å²) in [5.41, 5.74) is 6.10. The lowest BCUT2D eigenvalue weighted by molar-refractivity contribution is -0.121. The van der Waals surface area contributed by atoms with Gasteiger partial charge in [0.15, 0.2) is 0 Å². The minimum atomic E-state index is -0.497. The number of hydrogen-bond donors (Lipinski definition) is 2. The average molecular weight is 267 g/mol. The van der Waals surface area contributed by atoms with E-state index in [1.165, 1.54) is 32.1 Å². The number of hydrogen-bond acceptors (Lipinski definition) is 2. The van der Waals surface area contributed by atoms with Crippen LogP contribution in [0.25, 0.3) is 0 Å². The summed E-state index contributed by atoms with van der Waals surface area (Å²) in [5, 5.41) is 11.3. The third-order valence-corrected chi connectivity index (χ3v) is 6.28. The molecule has 2 fully saturated rings. The van der Waals surface area contributed by atoms with Gasteiger partial charge in [-0.15, -0.1) is 0 Å². The van der Waals surface area contributed by atoms with Crippen LogP contribution in [-0.2, 0) is 0 Å². The van der Waals surface area contributed by atoms with E-state index in [0.29, 0.717) is 12.0 Å². The van der Waals surface area contributed by atoms with Crippen molar-refractivity contribution >= 4 is 0 Å². The highest BCUT2D eigenvalue weighted by molar-refractivity contribution is 5.04. The fourth-order valence-corrected chi connectivity index (χ4v) is 4.29. The first-order valence-corrected chi connectivity index (χ1v) is 8.25. The van der Waals surface area contributed by atoms with E-state index in [-0.39, 0.29) is 5.41 Å². The van der Waals surface area contributed by atoms with Crippen molar-refractivity contribution in [1.82, 2.24) is 0 Å². The van der Waals surface area contributed by atoms with Gasteiger partial charge < -0.3 is 10.8 Å². The zero-order valence-electron chi connectivity index (χ0n) is 13.2. The lowest BCUT2D eigenvalue weighted by Gasteiger charge is -2.52. The molecule has 2 saturated carbocycles. The molecule has 2 aliphatic carbocycles. The van der Waals surface area contributed by atoms with Crippen molar-refractivity contribution in [1.29, 1.82) is 0 Å². The SMILES string of the molecule is CC1CCCC(O)(C2(CN)CCC(C)(C)CC2)CC1. The molecular formula is C17H33NO. The van der Waals surface area contributed by atoms with Gasteiger partial charge in [-0.3, -0.25) is 0 Å². The maximum absolute atomic E-state index is 11.3. The summed E-state index contributed by atoms with van der Waals surface area (Å²) in [4.78, 5) is 0. The van der Waals surface area contributed by atoms with Crippen LogP contribution in [0.3, 0.4) is 0 Å². The minimum absolute atomic E-state index is 0.00736. The van der Waals surface area contributed by atoms with Crippen molar-refractivity contribution in [3.8, 4) is 0 Å². The molecule has 112 valence electrons. The first kappa shape index (κ1) is 15.3. The molecule has 2 rings (SSSR count). The Hall–Kier alpha value is -0.0800. The Morgan fingerprint density at radius 2 is 1.63 bits per heavy atom. The second kappa shape index (κ2) is 5.37. The predicted octanol–water partition coefficient (Wildman–Crippen LogP) is 3.86. The zero-order chi connectivity index (χ0) is 14.1. The highest BCUT2D eigenvalue weighted by Gasteiger charge is 2.51. The number of nitrogens with two attached hydrogens (primary N) is 1. The van der Waals surface area contributed by atoms with Gasteiger partial charge in [0.1, 0.15) is 0 Å². The van der Waals surface area contributed by atoms with Crippen LogP contribution < -0.4 is 5.73 Å². The Kier molecular flexibility index (Phi) is 4.32. The quantitative estimate of drug-likeness (QED) is 0.746. The molecule has 2 nitrogen and oxygen atoms in total. The Bertz CT molecular complexity index is 302. The summed E-state index contributed by atoms with van der Waals surface area (Å²) in [6.45, 7) is 7.69. The Balaban J connectivity index is 2.16. The van der Waals surface area contributed by atoms with Crippen molar-refractivity contribution in [3.63, 3.8) is 0 Å².